The predicted octanol–water partition coefficient (Wildman–Crippen LogP) is 3.01. The van der Waals surface area contributed by atoms with Gasteiger partial charge in [0.1, 0.15) is 4.21 Å². The van der Waals surface area contributed by atoms with E-state index in [1.807, 2.05) is 0 Å². The first kappa shape index (κ1) is 16.0. The monoisotopic (exact) mass is 388 g/mol. The molecule has 0 bridgehead atoms. The second-order valence-corrected chi connectivity index (χ2v) is 8.82. The number of carbonyl (C=O) groups is 1. The molecule has 0 saturated heterocycles. The standard InChI is InChI=1S/C13H13BrN2O3S2/c1-16(2)13(17)9-4-3-5-10(8-9)15-21(18,19)12-7-6-11(14)20-12/h3-8,15H,1-2H3. The van der Waals surface area contributed by atoms with Crippen LogP contribution in [0.4, 0.5) is 5.69 Å². The average molecular weight is 389 g/mol. The number of halogens is 1. The van der Waals surface area contributed by atoms with Crippen molar-refractivity contribution >= 4 is 48.9 Å². The van der Waals surface area contributed by atoms with Crippen molar-refractivity contribution in [3.8, 4) is 0 Å². The maximum atomic E-state index is 12.2. The molecule has 0 radical (unpaired) electrons. The van der Waals surface area contributed by atoms with Crippen LogP contribution in [0.5, 0.6) is 0 Å². The third-order valence-corrected chi connectivity index (χ3v) is 6.08. The topological polar surface area (TPSA) is 66.5 Å². The highest BCUT2D eigenvalue weighted by Gasteiger charge is 2.17. The fourth-order valence-electron chi connectivity index (χ4n) is 1.62. The summed E-state index contributed by atoms with van der Waals surface area (Å²) in [7, 11) is -0.359. The molecule has 0 spiro atoms. The first-order valence-electron chi connectivity index (χ1n) is 5.89. The Morgan fingerprint density at radius 3 is 2.52 bits per heavy atom. The normalized spacial score (nSPS) is 11.2. The molecule has 5 nitrogen and oxygen atoms in total. The van der Waals surface area contributed by atoms with Gasteiger partial charge < -0.3 is 4.90 Å². The van der Waals surface area contributed by atoms with E-state index < -0.39 is 10.0 Å². The Kier molecular flexibility index (Phi) is 4.70. The van der Waals surface area contributed by atoms with E-state index in [0.29, 0.717) is 11.3 Å². The van der Waals surface area contributed by atoms with Crippen LogP contribution in [0.3, 0.4) is 0 Å². The lowest BCUT2D eigenvalue weighted by atomic mass is 10.2. The number of nitrogens with one attached hydrogen (secondary N) is 1. The summed E-state index contributed by atoms with van der Waals surface area (Å²) < 4.78 is 27.8. The maximum Gasteiger partial charge on any atom is 0.271 e. The predicted molar refractivity (Wildman–Crippen MR) is 87.3 cm³/mol. The van der Waals surface area contributed by atoms with Gasteiger partial charge in [-0.2, -0.15) is 0 Å². The smallest absolute Gasteiger partial charge is 0.271 e. The molecule has 0 aliphatic rings. The van der Waals surface area contributed by atoms with Gasteiger partial charge in [-0.25, -0.2) is 8.42 Å². The van der Waals surface area contributed by atoms with Gasteiger partial charge in [-0.15, -0.1) is 11.3 Å². The Balaban J connectivity index is 2.28. The largest absolute Gasteiger partial charge is 0.345 e. The van der Waals surface area contributed by atoms with Crippen LogP contribution in [0.1, 0.15) is 10.4 Å². The van der Waals surface area contributed by atoms with Crippen LogP contribution in [0, 0.1) is 0 Å². The van der Waals surface area contributed by atoms with Gasteiger partial charge in [0.15, 0.2) is 0 Å². The molecule has 0 saturated carbocycles. The number of hydrogen-bond donors (Lipinski definition) is 1. The Labute approximate surface area is 135 Å². The van der Waals surface area contributed by atoms with Crippen molar-refractivity contribution in [1.82, 2.24) is 4.90 Å². The molecule has 2 aromatic rings. The number of carbonyl (C=O) groups excluding carboxylic acids is 1. The van der Waals surface area contributed by atoms with Crippen LogP contribution in [0.2, 0.25) is 0 Å². The highest BCUT2D eigenvalue weighted by atomic mass is 79.9. The SMILES string of the molecule is CN(C)C(=O)c1cccc(NS(=O)(=O)c2ccc(Br)s2)c1. The molecule has 1 N–H and O–H groups in total. The van der Waals surface area contributed by atoms with Gasteiger partial charge in [0, 0.05) is 25.3 Å². The maximum absolute atomic E-state index is 12.2. The summed E-state index contributed by atoms with van der Waals surface area (Å²) >= 11 is 4.35. The van der Waals surface area contributed by atoms with Crippen LogP contribution >= 0.6 is 27.3 Å². The number of nitrogens with zero attached hydrogens (tertiary/aromatic N) is 1. The Morgan fingerprint density at radius 1 is 1.24 bits per heavy atom. The quantitative estimate of drug-likeness (QED) is 0.874. The lowest BCUT2D eigenvalue weighted by Gasteiger charge is -2.12. The molecule has 0 atom stereocenters. The van der Waals surface area contributed by atoms with E-state index in [-0.39, 0.29) is 10.1 Å². The highest BCUT2D eigenvalue weighted by Crippen LogP contribution is 2.27. The first-order valence-corrected chi connectivity index (χ1v) is 8.99. The molecule has 0 fully saturated rings. The Morgan fingerprint density at radius 2 is 1.95 bits per heavy atom. The summed E-state index contributed by atoms with van der Waals surface area (Å²) in [5.41, 5.74) is 0.778. The first-order chi connectivity index (χ1) is 9.79. The molecular formula is C13H13BrN2O3S2. The Bertz CT molecular complexity index is 769. The van der Waals surface area contributed by atoms with Crippen molar-refractivity contribution in [2.24, 2.45) is 0 Å². The molecular weight excluding hydrogens is 376 g/mol. The molecule has 1 aromatic heterocycles. The second-order valence-electron chi connectivity index (χ2n) is 4.44. The molecule has 8 heteroatoms. The van der Waals surface area contributed by atoms with Crippen LogP contribution in [-0.2, 0) is 10.0 Å². The molecule has 21 heavy (non-hydrogen) atoms. The summed E-state index contributed by atoms with van der Waals surface area (Å²) in [6.45, 7) is 0. The fraction of sp³-hybridized carbons (Fsp3) is 0.154. The summed E-state index contributed by atoms with van der Waals surface area (Å²) in [6, 6.07) is 9.59. The van der Waals surface area contributed by atoms with Crippen LogP contribution in [0.15, 0.2) is 44.4 Å². The zero-order valence-electron chi connectivity index (χ0n) is 11.3. The van der Waals surface area contributed by atoms with Crippen molar-refractivity contribution in [1.29, 1.82) is 0 Å². The van der Waals surface area contributed by atoms with Gasteiger partial charge in [-0.3, -0.25) is 9.52 Å². The van der Waals surface area contributed by atoms with E-state index in [4.69, 9.17) is 0 Å². The minimum Gasteiger partial charge on any atom is -0.345 e. The number of sulfonamides is 1. The molecule has 112 valence electrons. The summed E-state index contributed by atoms with van der Waals surface area (Å²) in [6.07, 6.45) is 0. The molecule has 1 amide bonds. The summed E-state index contributed by atoms with van der Waals surface area (Å²) in [5.74, 6) is -0.185. The van der Waals surface area contributed by atoms with Gasteiger partial charge >= 0.3 is 0 Å². The molecule has 0 aliphatic heterocycles. The lowest BCUT2D eigenvalue weighted by Crippen LogP contribution is -2.21. The number of thiophene rings is 1. The number of benzene rings is 1. The van der Waals surface area contributed by atoms with Gasteiger partial charge in [-0.05, 0) is 46.3 Å². The third-order valence-electron chi connectivity index (χ3n) is 2.58. The van der Waals surface area contributed by atoms with E-state index in [0.717, 1.165) is 15.1 Å². The molecule has 2 rings (SSSR count). The molecule has 1 heterocycles. The third kappa shape index (κ3) is 3.84. The van der Waals surface area contributed by atoms with Gasteiger partial charge in [0.25, 0.3) is 15.9 Å². The van der Waals surface area contributed by atoms with Gasteiger partial charge in [-0.1, -0.05) is 6.07 Å². The van der Waals surface area contributed by atoms with Crippen molar-refractivity contribution in [2.45, 2.75) is 4.21 Å². The van der Waals surface area contributed by atoms with Gasteiger partial charge in [0.2, 0.25) is 0 Å². The van der Waals surface area contributed by atoms with Crippen molar-refractivity contribution in [3.63, 3.8) is 0 Å². The molecule has 0 aliphatic carbocycles. The summed E-state index contributed by atoms with van der Waals surface area (Å²) in [5, 5.41) is 0. The van der Waals surface area contributed by atoms with E-state index >= 15 is 0 Å². The number of hydrogen-bond acceptors (Lipinski definition) is 4. The number of anilines is 1. The van der Waals surface area contributed by atoms with Crippen molar-refractivity contribution in [2.75, 3.05) is 18.8 Å². The Hall–Kier alpha value is -1.38. The molecule has 0 unspecified atom stereocenters. The number of rotatable bonds is 4. The van der Waals surface area contributed by atoms with Crippen LogP contribution in [-0.4, -0.2) is 33.3 Å². The van der Waals surface area contributed by atoms with Crippen LogP contribution in [0.25, 0.3) is 0 Å². The van der Waals surface area contributed by atoms with Crippen LogP contribution < -0.4 is 4.72 Å². The zero-order valence-corrected chi connectivity index (χ0v) is 14.5. The lowest BCUT2D eigenvalue weighted by molar-refractivity contribution is 0.0827. The zero-order chi connectivity index (χ0) is 15.6. The van der Waals surface area contributed by atoms with E-state index in [2.05, 4.69) is 20.7 Å². The van der Waals surface area contributed by atoms with E-state index in [9.17, 15) is 13.2 Å². The molecule has 1 aromatic carbocycles. The second kappa shape index (κ2) is 6.17. The minimum atomic E-state index is -3.64. The highest BCUT2D eigenvalue weighted by molar-refractivity contribution is 9.11. The fourth-order valence-corrected chi connectivity index (χ4v) is 4.68. The number of amides is 1. The summed E-state index contributed by atoms with van der Waals surface area (Å²) in [4.78, 5) is 13.3. The van der Waals surface area contributed by atoms with Crippen molar-refractivity contribution in [3.05, 3.63) is 45.7 Å². The van der Waals surface area contributed by atoms with Gasteiger partial charge in [0.05, 0.1) is 3.79 Å². The minimum absolute atomic E-state index is 0.185. The average Bonchev–Trinajstić information content (AvgIpc) is 2.85. The van der Waals surface area contributed by atoms with E-state index in [1.54, 1.807) is 38.4 Å². The van der Waals surface area contributed by atoms with E-state index in [1.165, 1.54) is 17.0 Å². The van der Waals surface area contributed by atoms with Crippen molar-refractivity contribution < 1.29 is 13.2 Å².